The molecule has 0 bridgehead atoms. The number of phenols is 1. The molecular formula is C29H19N7O12S3. The third kappa shape index (κ3) is 6.89. The number of pyridine rings is 2. The van der Waals surface area contributed by atoms with Crippen LogP contribution < -0.4 is 5.73 Å². The molecule has 0 amide bonds. The maximum Gasteiger partial charge on any atom is 0.354 e. The molecule has 4 aromatic carbocycles. The van der Waals surface area contributed by atoms with Crippen LogP contribution in [0.3, 0.4) is 0 Å². The van der Waals surface area contributed by atoms with Crippen molar-refractivity contribution in [3.05, 3.63) is 78.6 Å². The maximum absolute atomic E-state index is 12.3. The van der Waals surface area contributed by atoms with Gasteiger partial charge in [-0.15, -0.1) is 20.5 Å². The van der Waals surface area contributed by atoms with Gasteiger partial charge in [0.25, 0.3) is 30.4 Å². The van der Waals surface area contributed by atoms with E-state index in [-0.39, 0.29) is 43.6 Å². The molecule has 0 aliphatic carbocycles. The zero-order chi connectivity index (χ0) is 37.0. The van der Waals surface area contributed by atoms with Gasteiger partial charge in [0, 0.05) is 16.2 Å². The second-order valence-corrected chi connectivity index (χ2v) is 14.8. The number of hydrogen-bond acceptors (Lipinski definition) is 15. The van der Waals surface area contributed by atoms with Crippen molar-refractivity contribution in [2.45, 2.75) is 14.7 Å². The summed E-state index contributed by atoms with van der Waals surface area (Å²) in [7, 11) is -14.5. The monoisotopic (exact) mass is 753 g/mol. The van der Waals surface area contributed by atoms with Crippen LogP contribution in [0.2, 0.25) is 0 Å². The zero-order valence-electron chi connectivity index (χ0n) is 25.0. The predicted octanol–water partition coefficient (Wildman–Crippen LogP) is 5.49. The first-order valence-corrected chi connectivity index (χ1v) is 18.1. The molecule has 6 aromatic rings. The third-order valence-electron chi connectivity index (χ3n) is 7.24. The van der Waals surface area contributed by atoms with Gasteiger partial charge in [0.1, 0.15) is 38.1 Å². The molecule has 0 saturated heterocycles. The average Bonchev–Trinajstić information content (AvgIpc) is 3.05. The second kappa shape index (κ2) is 12.4. The number of carbonyl (C=O) groups is 1. The lowest BCUT2D eigenvalue weighted by Gasteiger charge is -2.11. The van der Waals surface area contributed by atoms with Gasteiger partial charge in [0.15, 0.2) is 5.75 Å². The maximum atomic E-state index is 12.3. The highest BCUT2D eigenvalue weighted by molar-refractivity contribution is 7.86. The summed E-state index contributed by atoms with van der Waals surface area (Å²) in [6, 6.07) is 12.8. The van der Waals surface area contributed by atoms with E-state index in [1.165, 1.54) is 48.7 Å². The smallest absolute Gasteiger partial charge is 0.354 e. The van der Waals surface area contributed by atoms with E-state index >= 15 is 0 Å². The van der Waals surface area contributed by atoms with E-state index in [1.54, 1.807) is 0 Å². The number of benzene rings is 4. The summed E-state index contributed by atoms with van der Waals surface area (Å²) in [5, 5.41) is 36.6. The van der Waals surface area contributed by atoms with Crippen molar-refractivity contribution in [1.29, 1.82) is 0 Å². The highest BCUT2D eigenvalue weighted by atomic mass is 32.2. The van der Waals surface area contributed by atoms with Crippen molar-refractivity contribution in [1.82, 2.24) is 9.97 Å². The number of anilines is 1. The molecule has 0 unspecified atom stereocenters. The Morgan fingerprint density at radius 1 is 0.686 bits per heavy atom. The Balaban J connectivity index is 1.47. The van der Waals surface area contributed by atoms with Crippen LogP contribution in [0.25, 0.3) is 32.6 Å². The molecule has 51 heavy (non-hydrogen) atoms. The predicted molar refractivity (Wildman–Crippen MR) is 178 cm³/mol. The van der Waals surface area contributed by atoms with Gasteiger partial charge >= 0.3 is 5.97 Å². The van der Waals surface area contributed by atoms with Crippen LogP contribution in [0.15, 0.2) is 108 Å². The largest absolute Gasteiger partial charge is 0.505 e. The molecule has 0 fully saturated rings. The summed E-state index contributed by atoms with van der Waals surface area (Å²) >= 11 is 0. The lowest BCUT2D eigenvalue weighted by Crippen LogP contribution is -2.04. The van der Waals surface area contributed by atoms with Crippen LogP contribution in [-0.2, 0) is 30.4 Å². The number of rotatable bonds is 8. The van der Waals surface area contributed by atoms with Crippen LogP contribution in [0, 0.1) is 0 Å². The molecule has 0 spiro atoms. The quantitative estimate of drug-likeness (QED) is 0.0635. The third-order valence-corrected chi connectivity index (χ3v) is 9.86. The van der Waals surface area contributed by atoms with Gasteiger partial charge < -0.3 is 15.9 Å². The molecule has 6 rings (SSSR count). The lowest BCUT2D eigenvalue weighted by atomic mass is 10.1. The van der Waals surface area contributed by atoms with E-state index in [0.717, 1.165) is 24.3 Å². The van der Waals surface area contributed by atoms with Crippen LogP contribution in [-0.4, -0.2) is 65.1 Å². The molecule has 2 heterocycles. The minimum atomic E-state index is -5.16. The van der Waals surface area contributed by atoms with E-state index in [9.17, 15) is 53.9 Å². The minimum Gasteiger partial charge on any atom is -0.505 e. The molecule has 7 N–H and O–H groups in total. The standard InChI is InChI=1S/C29H19N7O12S3/c30-19-11-18-13(9-24(19)50(43,44)45)10-25(51(46,47)48)27(28(18)37)36-35-22-6-5-21(17-2-4-23(29(38)39)32-26(17)22)34-33-15-7-14-8-16(49(40,41)42)1-3-20(14)31-12-15/h1-12,37H,30H2,(H,38,39)(H,40,41,42)(H,43,44,45)(H,46,47,48)/b34-33+,36-35+. The fourth-order valence-corrected chi connectivity index (χ4v) is 6.72. The number of phenolic OH excluding ortho intramolecular Hbond substituents is 1. The van der Waals surface area contributed by atoms with Gasteiger partial charge in [0.2, 0.25) is 0 Å². The number of carboxylic acids is 1. The van der Waals surface area contributed by atoms with Crippen molar-refractivity contribution in [2.24, 2.45) is 20.5 Å². The summed E-state index contributed by atoms with van der Waals surface area (Å²) < 4.78 is 99.9. The Labute approximate surface area is 285 Å². The Bertz CT molecular complexity index is 2900. The Kier molecular flexibility index (Phi) is 8.45. The molecule has 0 atom stereocenters. The SMILES string of the molecule is Nc1cc2c(O)c(/N=N/c3ccc(/N=N/c4cnc5ccc(S(=O)(=O)O)cc5c4)c4ccc(C(=O)O)nc34)c(S(=O)(=O)O)cc2cc1S(=O)(=O)O. The Hall–Kier alpha value is -6.04. The van der Waals surface area contributed by atoms with Gasteiger partial charge in [-0.3, -0.25) is 18.6 Å². The van der Waals surface area contributed by atoms with Crippen molar-refractivity contribution in [3.8, 4) is 5.75 Å². The first kappa shape index (κ1) is 34.8. The van der Waals surface area contributed by atoms with Crippen LogP contribution >= 0.6 is 0 Å². The van der Waals surface area contributed by atoms with Crippen molar-refractivity contribution < 1.29 is 53.9 Å². The highest BCUT2D eigenvalue weighted by Gasteiger charge is 2.25. The molecule has 22 heteroatoms. The number of aromatic nitrogens is 2. The summed E-state index contributed by atoms with van der Waals surface area (Å²) in [6.07, 6.45) is 1.34. The van der Waals surface area contributed by atoms with E-state index in [1.807, 2.05) is 0 Å². The molecule has 19 nitrogen and oxygen atoms in total. The topological polar surface area (TPSA) is 322 Å². The van der Waals surface area contributed by atoms with E-state index in [2.05, 4.69) is 30.4 Å². The first-order valence-electron chi connectivity index (χ1n) is 13.7. The summed E-state index contributed by atoms with van der Waals surface area (Å²) in [5.41, 5.74) is 4.36. The number of nitrogens with zero attached hydrogens (tertiary/aromatic N) is 6. The van der Waals surface area contributed by atoms with Gasteiger partial charge in [0.05, 0.1) is 28.0 Å². The summed E-state index contributed by atoms with van der Waals surface area (Å²) in [5.74, 6) is -2.32. The van der Waals surface area contributed by atoms with E-state index in [4.69, 9.17) is 5.73 Å². The second-order valence-electron chi connectivity index (χ2n) is 10.6. The van der Waals surface area contributed by atoms with E-state index in [0.29, 0.717) is 10.9 Å². The molecular weight excluding hydrogens is 735 g/mol. The molecule has 0 aliphatic heterocycles. The van der Waals surface area contributed by atoms with Crippen LogP contribution in [0.1, 0.15) is 10.5 Å². The normalized spacial score (nSPS) is 12.8. The fraction of sp³-hybridized carbons (Fsp3) is 0. The zero-order valence-corrected chi connectivity index (χ0v) is 27.5. The Morgan fingerprint density at radius 2 is 1.35 bits per heavy atom. The summed E-state index contributed by atoms with van der Waals surface area (Å²) in [6.45, 7) is 0. The number of aromatic hydroxyl groups is 1. The van der Waals surface area contributed by atoms with Crippen molar-refractivity contribution in [3.63, 3.8) is 0 Å². The van der Waals surface area contributed by atoms with Gasteiger partial charge in [-0.25, -0.2) is 9.78 Å². The van der Waals surface area contributed by atoms with Crippen molar-refractivity contribution >= 4 is 97.3 Å². The molecule has 0 radical (unpaired) electrons. The number of carboxylic acid groups (broad SMARTS) is 1. The summed E-state index contributed by atoms with van der Waals surface area (Å²) in [4.78, 5) is 17.9. The Morgan fingerprint density at radius 3 is 2.02 bits per heavy atom. The van der Waals surface area contributed by atoms with Gasteiger partial charge in [-0.1, -0.05) is 0 Å². The lowest BCUT2D eigenvalue weighted by molar-refractivity contribution is 0.0690. The molecule has 260 valence electrons. The number of aromatic carboxylic acids is 1. The number of hydrogen-bond donors (Lipinski definition) is 6. The van der Waals surface area contributed by atoms with Crippen LogP contribution in [0.4, 0.5) is 28.4 Å². The van der Waals surface area contributed by atoms with Crippen LogP contribution in [0.5, 0.6) is 5.75 Å². The van der Waals surface area contributed by atoms with Gasteiger partial charge in [-0.05, 0) is 72.1 Å². The fourth-order valence-electron chi connectivity index (χ4n) is 4.91. The molecule has 0 aliphatic rings. The van der Waals surface area contributed by atoms with Crippen molar-refractivity contribution in [2.75, 3.05) is 5.73 Å². The number of nitrogen functional groups attached to an aromatic ring is 1. The van der Waals surface area contributed by atoms with E-state index < -0.39 is 68.9 Å². The molecule has 0 saturated carbocycles. The average molecular weight is 754 g/mol. The molecule has 2 aromatic heterocycles. The first-order chi connectivity index (χ1) is 23.8. The highest BCUT2D eigenvalue weighted by Crippen LogP contribution is 2.44. The van der Waals surface area contributed by atoms with Gasteiger partial charge in [-0.2, -0.15) is 25.3 Å². The number of nitrogens with two attached hydrogens (primary N) is 1. The minimum absolute atomic E-state index is 0.123. The number of fused-ring (bicyclic) bond motifs is 3. The number of azo groups is 2.